The minimum atomic E-state index is -3.21. The van der Waals surface area contributed by atoms with Crippen molar-refractivity contribution in [3.63, 3.8) is 0 Å². The first-order valence-electron chi connectivity index (χ1n) is 6.96. The van der Waals surface area contributed by atoms with Gasteiger partial charge in [0, 0.05) is 19.5 Å². The highest BCUT2D eigenvalue weighted by atomic mass is 32.2. The Hall–Kier alpha value is -1.67. The van der Waals surface area contributed by atoms with Crippen LogP contribution < -0.4 is 11.1 Å². The Morgan fingerprint density at radius 2 is 2.05 bits per heavy atom. The molecule has 3 N–H and O–H groups in total. The SMILES string of the molecule is Nc1ccc(NC(=O)CCCS(=O)(=O)N2CCCC2)cn1. The number of sulfonamides is 1. The van der Waals surface area contributed by atoms with E-state index >= 15 is 0 Å². The summed E-state index contributed by atoms with van der Waals surface area (Å²) < 4.78 is 25.5. The number of nitrogen functional groups attached to an aromatic ring is 1. The average molecular weight is 312 g/mol. The van der Waals surface area contributed by atoms with Crippen molar-refractivity contribution in [2.75, 3.05) is 29.9 Å². The Balaban J connectivity index is 1.75. The number of aromatic nitrogens is 1. The lowest BCUT2D eigenvalue weighted by Gasteiger charge is -2.15. The first kappa shape index (κ1) is 15.7. The fourth-order valence-electron chi connectivity index (χ4n) is 2.21. The molecule has 1 amide bonds. The third kappa shape index (κ3) is 4.68. The molecular formula is C13H20N4O3S. The van der Waals surface area contributed by atoms with Crippen LogP contribution in [0.25, 0.3) is 0 Å². The molecule has 0 bridgehead atoms. The van der Waals surface area contributed by atoms with Crippen molar-refractivity contribution >= 4 is 27.4 Å². The first-order valence-corrected chi connectivity index (χ1v) is 8.57. The Bertz CT molecular complexity index is 580. The summed E-state index contributed by atoms with van der Waals surface area (Å²) in [5.41, 5.74) is 6.00. The molecule has 0 unspecified atom stereocenters. The van der Waals surface area contributed by atoms with Crippen LogP contribution in [0.2, 0.25) is 0 Å². The van der Waals surface area contributed by atoms with Gasteiger partial charge >= 0.3 is 0 Å². The number of rotatable bonds is 6. The molecule has 1 aliphatic heterocycles. The molecular weight excluding hydrogens is 292 g/mol. The van der Waals surface area contributed by atoms with Crippen molar-refractivity contribution in [2.24, 2.45) is 0 Å². The van der Waals surface area contributed by atoms with E-state index in [1.807, 2.05) is 0 Å². The van der Waals surface area contributed by atoms with Crippen molar-refractivity contribution in [1.29, 1.82) is 0 Å². The van der Waals surface area contributed by atoms with Gasteiger partial charge < -0.3 is 11.1 Å². The number of carbonyl (C=O) groups excluding carboxylic acids is 1. The molecule has 0 atom stereocenters. The molecule has 1 aromatic rings. The van der Waals surface area contributed by atoms with E-state index < -0.39 is 10.0 Å². The lowest BCUT2D eigenvalue weighted by Crippen LogP contribution is -2.30. The maximum absolute atomic E-state index is 12.0. The van der Waals surface area contributed by atoms with Gasteiger partial charge in [-0.15, -0.1) is 0 Å². The summed E-state index contributed by atoms with van der Waals surface area (Å²) >= 11 is 0. The molecule has 0 aliphatic carbocycles. The number of carbonyl (C=O) groups is 1. The van der Waals surface area contributed by atoms with Gasteiger partial charge in [0.1, 0.15) is 5.82 Å². The molecule has 7 nitrogen and oxygen atoms in total. The number of pyridine rings is 1. The fraction of sp³-hybridized carbons (Fsp3) is 0.538. The quantitative estimate of drug-likeness (QED) is 0.808. The van der Waals surface area contributed by atoms with Crippen molar-refractivity contribution in [3.8, 4) is 0 Å². The number of hydrogen-bond acceptors (Lipinski definition) is 5. The first-order chi connectivity index (χ1) is 9.97. The normalized spacial score (nSPS) is 16.0. The number of hydrogen-bond donors (Lipinski definition) is 2. The van der Waals surface area contributed by atoms with E-state index in [2.05, 4.69) is 10.3 Å². The van der Waals surface area contributed by atoms with Crippen LogP contribution in [0, 0.1) is 0 Å². The molecule has 0 saturated carbocycles. The lowest BCUT2D eigenvalue weighted by atomic mass is 10.3. The van der Waals surface area contributed by atoms with Crippen molar-refractivity contribution in [2.45, 2.75) is 25.7 Å². The molecule has 2 heterocycles. The lowest BCUT2D eigenvalue weighted by molar-refractivity contribution is -0.116. The standard InChI is InChI=1S/C13H20N4O3S/c14-12-6-5-11(10-15-12)16-13(18)4-3-9-21(19,20)17-7-1-2-8-17/h5-6,10H,1-4,7-9H2,(H2,14,15)(H,16,18). The summed E-state index contributed by atoms with van der Waals surface area (Å²) in [4.78, 5) is 15.6. The zero-order valence-electron chi connectivity index (χ0n) is 11.8. The van der Waals surface area contributed by atoms with Gasteiger partial charge in [-0.1, -0.05) is 0 Å². The molecule has 21 heavy (non-hydrogen) atoms. The third-order valence-corrected chi connectivity index (χ3v) is 5.29. The zero-order valence-corrected chi connectivity index (χ0v) is 12.6. The highest BCUT2D eigenvalue weighted by molar-refractivity contribution is 7.89. The van der Waals surface area contributed by atoms with Crippen molar-refractivity contribution in [1.82, 2.24) is 9.29 Å². The van der Waals surface area contributed by atoms with Crippen LogP contribution in [0.3, 0.4) is 0 Å². The monoisotopic (exact) mass is 312 g/mol. The molecule has 1 fully saturated rings. The van der Waals surface area contributed by atoms with Crippen LogP contribution in [-0.2, 0) is 14.8 Å². The minimum Gasteiger partial charge on any atom is -0.384 e. The number of amides is 1. The van der Waals surface area contributed by atoms with Crippen LogP contribution in [0.5, 0.6) is 0 Å². The van der Waals surface area contributed by atoms with Gasteiger partial charge in [0.05, 0.1) is 17.6 Å². The van der Waals surface area contributed by atoms with Crippen molar-refractivity contribution in [3.05, 3.63) is 18.3 Å². The van der Waals surface area contributed by atoms with Crippen LogP contribution in [0.15, 0.2) is 18.3 Å². The number of anilines is 2. The summed E-state index contributed by atoms with van der Waals surface area (Å²) in [6.45, 7) is 1.21. The summed E-state index contributed by atoms with van der Waals surface area (Å²) in [6, 6.07) is 3.24. The highest BCUT2D eigenvalue weighted by Gasteiger charge is 2.24. The van der Waals surface area contributed by atoms with E-state index in [1.54, 1.807) is 12.1 Å². The van der Waals surface area contributed by atoms with E-state index in [1.165, 1.54) is 10.5 Å². The fourth-order valence-corrected chi connectivity index (χ4v) is 3.80. The number of nitrogens with one attached hydrogen (secondary N) is 1. The topological polar surface area (TPSA) is 105 Å². The molecule has 2 rings (SSSR count). The summed E-state index contributed by atoms with van der Waals surface area (Å²) in [5.74, 6) is 0.170. The van der Waals surface area contributed by atoms with Gasteiger partial charge in [0.15, 0.2) is 0 Å². The predicted octanol–water partition coefficient (Wildman–Crippen LogP) is 0.808. The number of nitrogens with two attached hydrogens (primary N) is 1. The van der Waals surface area contributed by atoms with Gasteiger partial charge in [-0.3, -0.25) is 4.79 Å². The summed E-state index contributed by atoms with van der Waals surface area (Å²) in [7, 11) is -3.21. The molecule has 1 aromatic heterocycles. The predicted molar refractivity (Wildman–Crippen MR) is 81.1 cm³/mol. The second-order valence-electron chi connectivity index (χ2n) is 5.05. The smallest absolute Gasteiger partial charge is 0.224 e. The van der Waals surface area contributed by atoms with Gasteiger partial charge in [0.25, 0.3) is 0 Å². The molecule has 1 saturated heterocycles. The van der Waals surface area contributed by atoms with Crippen LogP contribution >= 0.6 is 0 Å². The second-order valence-corrected chi connectivity index (χ2v) is 7.13. The number of nitrogens with zero attached hydrogens (tertiary/aromatic N) is 2. The Kier molecular flexibility index (Phi) is 5.13. The summed E-state index contributed by atoms with van der Waals surface area (Å²) in [5, 5.41) is 2.66. The Morgan fingerprint density at radius 3 is 2.67 bits per heavy atom. The van der Waals surface area contributed by atoms with E-state index in [0.717, 1.165) is 12.8 Å². The largest absolute Gasteiger partial charge is 0.384 e. The maximum Gasteiger partial charge on any atom is 0.224 e. The third-order valence-electron chi connectivity index (χ3n) is 3.33. The maximum atomic E-state index is 12.0. The van der Waals surface area contributed by atoms with Gasteiger partial charge in [0.2, 0.25) is 15.9 Å². The molecule has 0 spiro atoms. The Morgan fingerprint density at radius 1 is 1.33 bits per heavy atom. The van der Waals surface area contributed by atoms with E-state index in [0.29, 0.717) is 31.0 Å². The van der Waals surface area contributed by atoms with Gasteiger partial charge in [-0.2, -0.15) is 0 Å². The van der Waals surface area contributed by atoms with Crippen LogP contribution in [0.4, 0.5) is 11.5 Å². The van der Waals surface area contributed by atoms with Gasteiger partial charge in [-0.25, -0.2) is 17.7 Å². The summed E-state index contributed by atoms with van der Waals surface area (Å²) in [6.07, 6.45) is 3.78. The highest BCUT2D eigenvalue weighted by Crippen LogP contribution is 2.14. The molecule has 116 valence electrons. The second kappa shape index (κ2) is 6.86. The van der Waals surface area contributed by atoms with Crippen LogP contribution in [0.1, 0.15) is 25.7 Å². The van der Waals surface area contributed by atoms with Crippen LogP contribution in [-0.4, -0.2) is 42.5 Å². The molecule has 0 aromatic carbocycles. The molecule has 0 radical (unpaired) electrons. The van der Waals surface area contributed by atoms with E-state index in [9.17, 15) is 13.2 Å². The van der Waals surface area contributed by atoms with Gasteiger partial charge in [-0.05, 0) is 31.4 Å². The van der Waals surface area contributed by atoms with E-state index in [-0.39, 0.29) is 18.1 Å². The van der Waals surface area contributed by atoms with Crippen molar-refractivity contribution < 1.29 is 13.2 Å². The Labute approximate surface area is 124 Å². The molecule has 1 aliphatic rings. The van der Waals surface area contributed by atoms with E-state index in [4.69, 9.17) is 5.73 Å². The zero-order chi connectivity index (χ0) is 15.3. The minimum absolute atomic E-state index is 0.0143. The average Bonchev–Trinajstić information content (AvgIpc) is 2.96. The molecule has 8 heteroatoms.